The Hall–Kier alpha value is -1.55. The van der Waals surface area contributed by atoms with E-state index < -0.39 is 11.8 Å². The Morgan fingerprint density at radius 3 is 2.09 bits per heavy atom. The van der Waals surface area contributed by atoms with Gasteiger partial charge in [-0.05, 0) is 24.1 Å². The molecule has 0 unspecified atom stereocenters. The fraction of sp³-hybridized carbons (Fsp3) is 0.556. The van der Waals surface area contributed by atoms with Gasteiger partial charge in [0.1, 0.15) is 0 Å². The molecule has 0 fully saturated rings. The number of halogens is 1. The van der Waals surface area contributed by atoms with Gasteiger partial charge in [-0.15, -0.1) is 0 Å². The van der Waals surface area contributed by atoms with Gasteiger partial charge in [0.05, 0.1) is 0 Å². The first-order chi connectivity index (χ1) is 11.1. The molecule has 0 atom stereocenters. The maximum absolute atomic E-state index is 11.7. The van der Waals surface area contributed by atoms with Gasteiger partial charge in [0, 0.05) is 18.1 Å². The SMILES string of the molecule is CCCCCCCCCNC(=O)C(=O)NCc1ccc(Cl)cc1. The monoisotopic (exact) mass is 338 g/mol. The van der Waals surface area contributed by atoms with Crippen LogP contribution >= 0.6 is 11.6 Å². The minimum Gasteiger partial charge on any atom is -0.348 e. The number of rotatable bonds is 10. The molecular formula is C18H27ClN2O2. The lowest BCUT2D eigenvalue weighted by molar-refractivity contribution is -0.139. The van der Waals surface area contributed by atoms with Crippen LogP contribution in [0.15, 0.2) is 24.3 Å². The summed E-state index contributed by atoms with van der Waals surface area (Å²) in [5, 5.41) is 5.90. The summed E-state index contributed by atoms with van der Waals surface area (Å²) in [5.74, 6) is -1.16. The third-order valence-corrected chi connectivity index (χ3v) is 3.89. The molecule has 0 aromatic heterocycles. The summed E-state index contributed by atoms with van der Waals surface area (Å²) in [5.41, 5.74) is 0.905. The van der Waals surface area contributed by atoms with Crippen molar-refractivity contribution in [2.75, 3.05) is 6.54 Å². The number of hydrogen-bond acceptors (Lipinski definition) is 2. The minimum atomic E-state index is -0.595. The maximum atomic E-state index is 11.7. The number of unbranched alkanes of at least 4 members (excludes halogenated alkanes) is 6. The van der Waals surface area contributed by atoms with Gasteiger partial charge in [0.15, 0.2) is 0 Å². The number of nitrogens with one attached hydrogen (secondary N) is 2. The van der Waals surface area contributed by atoms with Crippen molar-refractivity contribution >= 4 is 23.4 Å². The fourth-order valence-corrected chi connectivity index (χ4v) is 2.36. The van der Waals surface area contributed by atoms with E-state index in [0.717, 1.165) is 18.4 Å². The van der Waals surface area contributed by atoms with E-state index in [9.17, 15) is 9.59 Å². The number of amides is 2. The van der Waals surface area contributed by atoms with Crippen molar-refractivity contribution in [2.24, 2.45) is 0 Å². The molecule has 2 amide bonds. The Kier molecular flexibility index (Phi) is 10.1. The van der Waals surface area contributed by atoms with Gasteiger partial charge < -0.3 is 10.6 Å². The molecule has 0 aliphatic carbocycles. The van der Waals surface area contributed by atoms with Crippen LogP contribution in [0.1, 0.15) is 57.4 Å². The molecule has 0 saturated carbocycles. The molecule has 0 heterocycles. The van der Waals surface area contributed by atoms with E-state index in [4.69, 9.17) is 11.6 Å². The standard InChI is InChI=1S/C18H27ClN2O2/c1-2-3-4-5-6-7-8-13-20-17(22)18(23)21-14-15-9-11-16(19)12-10-15/h9-12H,2-8,13-14H2,1H3,(H,20,22)(H,21,23). The van der Waals surface area contributed by atoms with Gasteiger partial charge in [-0.2, -0.15) is 0 Å². The molecule has 0 saturated heterocycles. The highest BCUT2D eigenvalue weighted by Gasteiger charge is 2.11. The number of carbonyl (C=O) groups is 2. The third-order valence-electron chi connectivity index (χ3n) is 3.64. The van der Waals surface area contributed by atoms with Crippen LogP contribution < -0.4 is 10.6 Å². The maximum Gasteiger partial charge on any atom is 0.309 e. The lowest BCUT2D eigenvalue weighted by Gasteiger charge is -2.07. The van der Waals surface area contributed by atoms with Gasteiger partial charge >= 0.3 is 11.8 Å². The van der Waals surface area contributed by atoms with Gasteiger partial charge in [-0.1, -0.05) is 69.2 Å². The predicted octanol–water partition coefficient (Wildman–Crippen LogP) is 3.82. The summed E-state index contributed by atoms with van der Waals surface area (Å²) in [4.78, 5) is 23.3. The Bertz CT molecular complexity index is 474. The molecule has 23 heavy (non-hydrogen) atoms. The van der Waals surface area contributed by atoms with Crippen molar-refractivity contribution in [1.29, 1.82) is 0 Å². The largest absolute Gasteiger partial charge is 0.348 e. The molecule has 2 N–H and O–H groups in total. The second-order valence-electron chi connectivity index (χ2n) is 5.69. The van der Waals surface area contributed by atoms with Gasteiger partial charge in [-0.25, -0.2) is 0 Å². The van der Waals surface area contributed by atoms with Crippen LogP contribution in [0.3, 0.4) is 0 Å². The zero-order valence-electron chi connectivity index (χ0n) is 13.9. The van der Waals surface area contributed by atoms with E-state index in [1.165, 1.54) is 32.1 Å². The van der Waals surface area contributed by atoms with Crippen LogP contribution in [0, 0.1) is 0 Å². The lowest BCUT2D eigenvalue weighted by atomic mass is 10.1. The first kappa shape index (κ1) is 19.5. The van der Waals surface area contributed by atoms with Crippen LogP contribution in [0.25, 0.3) is 0 Å². The summed E-state index contributed by atoms with van der Waals surface area (Å²) in [6.07, 6.45) is 8.29. The molecule has 1 aromatic rings. The summed E-state index contributed by atoms with van der Waals surface area (Å²) in [6.45, 7) is 3.08. The van der Waals surface area contributed by atoms with Crippen molar-refractivity contribution in [3.63, 3.8) is 0 Å². The summed E-state index contributed by atoms with van der Waals surface area (Å²) < 4.78 is 0. The van der Waals surface area contributed by atoms with Crippen LogP contribution in [0.4, 0.5) is 0 Å². The van der Waals surface area contributed by atoms with Crippen LogP contribution in [-0.2, 0) is 16.1 Å². The van der Waals surface area contributed by atoms with E-state index in [1.807, 2.05) is 12.1 Å². The highest BCUT2D eigenvalue weighted by molar-refractivity contribution is 6.35. The first-order valence-corrected chi connectivity index (χ1v) is 8.81. The first-order valence-electron chi connectivity index (χ1n) is 8.44. The average Bonchev–Trinajstić information content (AvgIpc) is 2.56. The van der Waals surface area contributed by atoms with E-state index in [2.05, 4.69) is 17.6 Å². The highest BCUT2D eigenvalue weighted by Crippen LogP contribution is 2.09. The molecule has 1 rings (SSSR count). The van der Waals surface area contributed by atoms with Crippen molar-refractivity contribution in [3.05, 3.63) is 34.9 Å². The second-order valence-corrected chi connectivity index (χ2v) is 6.12. The Morgan fingerprint density at radius 2 is 1.43 bits per heavy atom. The van der Waals surface area contributed by atoms with Crippen molar-refractivity contribution in [3.8, 4) is 0 Å². The number of carbonyl (C=O) groups excluding carboxylic acids is 2. The van der Waals surface area contributed by atoms with Crippen molar-refractivity contribution in [2.45, 2.75) is 58.4 Å². The van der Waals surface area contributed by atoms with Crippen LogP contribution in [0.5, 0.6) is 0 Å². The molecule has 1 aromatic carbocycles. The van der Waals surface area contributed by atoms with E-state index >= 15 is 0 Å². The van der Waals surface area contributed by atoms with Gasteiger partial charge in [-0.3, -0.25) is 9.59 Å². The summed E-state index contributed by atoms with van der Waals surface area (Å²) in [7, 11) is 0. The molecule has 0 aliphatic heterocycles. The third kappa shape index (κ3) is 9.24. The van der Waals surface area contributed by atoms with E-state index in [1.54, 1.807) is 12.1 Å². The van der Waals surface area contributed by atoms with E-state index in [-0.39, 0.29) is 0 Å². The smallest absolute Gasteiger partial charge is 0.309 e. The Balaban J connectivity index is 2.07. The lowest BCUT2D eigenvalue weighted by Crippen LogP contribution is -2.39. The molecule has 5 heteroatoms. The minimum absolute atomic E-state index is 0.320. The number of hydrogen-bond donors (Lipinski definition) is 2. The quantitative estimate of drug-likeness (QED) is 0.503. The predicted molar refractivity (Wildman–Crippen MR) is 94.3 cm³/mol. The molecule has 0 radical (unpaired) electrons. The van der Waals surface area contributed by atoms with Crippen molar-refractivity contribution in [1.82, 2.24) is 10.6 Å². The molecule has 0 spiro atoms. The zero-order valence-corrected chi connectivity index (χ0v) is 14.6. The molecule has 0 bridgehead atoms. The molecular weight excluding hydrogens is 312 g/mol. The normalized spacial score (nSPS) is 10.3. The van der Waals surface area contributed by atoms with E-state index in [0.29, 0.717) is 18.1 Å². The van der Waals surface area contributed by atoms with Gasteiger partial charge in [0.25, 0.3) is 0 Å². The summed E-state index contributed by atoms with van der Waals surface area (Å²) in [6, 6.07) is 7.14. The molecule has 0 aliphatic rings. The zero-order chi connectivity index (χ0) is 16.9. The average molecular weight is 339 g/mol. The van der Waals surface area contributed by atoms with Crippen LogP contribution in [0.2, 0.25) is 5.02 Å². The topological polar surface area (TPSA) is 58.2 Å². The Morgan fingerprint density at radius 1 is 0.870 bits per heavy atom. The second kappa shape index (κ2) is 11.9. The highest BCUT2D eigenvalue weighted by atomic mass is 35.5. The number of benzene rings is 1. The fourth-order valence-electron chi connectivity index (χ4n) is 2.23. The Labute approximate surface area is 144 Å². The molecule has 4 nitrogen and oxygen atoms in total. The summed E-state index contributed by atoms with van der Waals surface area (Å²) >= 11 is 5.79. The van der Waals surface area contributed by atoms with Crippen molar-refractivity contribution < 1.29 is 9.59 Å². The molecule has 128 valence electrons. The van der Waals surface area contributed by atoms with Crippen LogP contribution in [-0.4, -0.2) is 18.4 Å². The van der Waals surface area contributed by atoms with Gasteiger partial charge in [0.2, 0.25) is 0 Å².